The summed E-state index contributed by atoms with van der Waals surface area (Å²) >= 11 is 1.58. The minimum Gasteiger partial charge on any atom is -0.478 e. The molecule has 0 aliphatic heterocycles. The SMILES string of the molecule is CC(C)=CCCC(C)=CCCC(C)=CCSc1ccccc1C(=O)O. The third-order valence-electron chi connectivity index (χ3n) is 3.91. The van der Waals surface area contributed by atoms with Crippen LogP contribution >= 0.6 is 11.8 Å². The van der Waals surface area contributed by atoms with E-state index in [1.165, 1.54) is 16.7 Å². The highest BCUT2D eigenvalue weighted by Crippen LogP contribution is 2.23. The maximum absolute atomic E-state index is 11.2. The number of thioether (sulfide) groups is 1. The average molecular weight is 359 g/mol. The summed E-state index contributed by atoms with van der Waals surface area (Å²) in [5.41, 5.74) is 4.57. The van der Waals surface area contributed by atoms with E-state index in [4.69, 9.17) is 0 Å². The van der Waals surface area contributed by atoms with Gasteiger partial charge in [0, 0.05) is 10.6 Å². The molecule has 0 aliphatic carbocycles. The highest BCUT2D eigenvalue weighted by molar-refractivity contribution is 7.99. The number of aromatic carboxylic acids is 1. The molecule has 1 aromatic carbocycles. The Bertz CT molecular complexity index is 650. The van der Waals surface area contributed by atoms with E-state index in [2.05, 4.69) is 45.9 Å². The molecule has 0 heterocycles. The molecule has 0 fully saturated rings. The molecule has 0 amide bonds. The largest absolute Gasteiger partial charge is 0.478 e. The molecular formula is C22H30O2S. The van der Waals surface area contributed by atoms with Gasteiger partial charge in [0.05, 0.1) is 5.56 Å². The van der Waals surface area contributed by atoms with E-state index in [-0.39, 0.29) is 0 Å². The van der Waals surface area contributed by atoms with E-state index in [0.717, 1.165) is 36.3 Å². The third-order valence-corrected chi connectivity index (χ3v) is 4.91. The van der Waals surface area contributed by atoms with Crippen molar-refractivity contribution in [3.8, 4) is 0 Å². The van der Waals surface area contributed by atoms with Crippen molar-refractivity contribution in [1.29, 1.82) is 0 Å². The first-order chi connectivity index (χ1) is 11.9. The zero-order chi connectivity index (χ0) is 18.7. The zero-order valence-electron chi connectivity index (χ0n) is 15.8. The Morgan fingerprint density at radius 2 is 1.56 bits per heavy atom. The van der Waals surface area contributed by atoms with Crippen LogP contribution < -0.4 is 0 Å². The monoisotopic (exact) mass is 358 g/mol. The number of carboxylic acid groups (broad SMARTS) is 1. The lowest BCUT2D eigenvalue weighted by molar-refractivity contribution is 0.0693. The lowest BCUT2D eigenvalue weighted by Crippen LogP contribution is -1.98. The van der Waals surface area contributed by atoms with Gasteiger partial charge in [-0.1, -0.05) is 47.1 Å². The Balaban J connectivity index is 2.39. The van der Waals surface area contributed by atoms with Crippen molar-refractivity contribution in [2.75, 3.05) is 5.75 Å². The van der Waals surface area contributed by atoms with Crippen LogP contribution in [0.1, 0.15) is 63.7 Å². The van der Waals surface area contributed by atoms with Gasteiger partial charge in [0.2, 0.25) is 0 Å². The van der Waals surface area contributed by atoms with Gasteiger partial charge < -0.3 is 5.11 Å². The summed E-state index contributed by atoms with van der Waals surface area (Å²) in [6.07, 6.45) is 11.2. The fourth-order valence-electron chi connectivity index (χ4n) is 2.38. The maximum Gasteiger partial charge on any atom is 0.336 e. The van der Waals surface area contributed by atoms with E-state index in [1.807, 2.05) is 12.1 Å². The Labute approximate surface area is 156 Å². The molecular weight excluding hydrogens is 328 g/mol. The van der Waals surface area contributed by atoms with Crippen molar-refractivity contribution >= 4 is 17.7 Å². The maximum atomic E-state index is 11.2. The molecule has 0 unspecified atom stereocenters. The Morgan fingerprint density at radius 1 is 0.960 bits per heavy atom. The van der Waals surface area contributed by atoms with Crippen LogP contribution in [0.25, 0.3) is 0 Å². The fourth-order valence-corrected chi connectivity index (χ4v) is 3.41. The van der Waals surface area contributed by atoms with Crippen LogP contribution in [0.15, 0.2) is 64.1 Å². The van der Waals surface area contributed by atoms with E-state index >= 15 is 0 Å². The molecule has 1 N–H and O–H groups in total. The number of hydrogen-bond acceptors (Lipinski definition) is 2. The summed E-state index contributed by atoms with van der Waals surface area (Å²) in [5, 5.41) is 9.20. The van der Waals surface area contributed by atoms with Crippen LogP contribution in [0.3, 0.4) is 0 Å². The number of benzene rings is 1. The van der Waals surface area contributed by atoms with Crippen molar-refractivity contribution < 1.29 is 9.90 Å². The first-order valence-corrected chi connectivity index (χ1v) is 9.78. The van der Waals surface area contributed by atoms with E-state index in [9.17, 15) is 9.90 Å². The third kappa shape index (κ3) is 9.35. The quantitative estimate of drug-likeness (QED) is 0.365. The molecule has 0 bridgehead atoms. The van der Waals surface area contributed by atoms with Crippen LogP contribution in [0.2, 0.25) is 0 Å². The normalized spacial score (nSPS) is 12.2. The summed E-state index contributed by atoms with van der Waals surface area (Å²) < 4.78 is 0. The first-order valence-electron chi connectivity index (χ1n) is 8.80. The Hall–Kier alpha value is -1.74. The van der Waals surface area contributed by atoms with Gasteiger partial charge in [-0.3, -0.25) is 0 Å². The highest BCUT2D eigenvalue weighted by Gasteiger charge is 2.08. The van der Waals surface area contributed by atoms with Crippen molar-refractivity contribution in [1.82, 2.24) is 0 Å². The van der Waals surface area contributed by atoms with Crippen LogP contribution in [-0.2, 0) is 0 Å². The molecule has 0 aromatic heterocycles. The van der Waals surface area contributed by atoms with Gasteiger partial charge >= 0.3 is 5.97 Å². The van der Waals surface area contributed by atoms with E-state index in [0.29, 0.717) is 5.56 Å². The second kappa shape index (κ2) is 11.8. The predicted molar refractivity (Wildman–Crippen MR) is 110 cm³/mol. The van der Waals surface area contributed by atoms with Gasteiger partial charge in [-0.2, -0.15) is 0 Å². The van der Waals surface area contributed by atoms with Gasteiger partial charge in [-0.05, 0) is 65.5 Å². The smallest absolute Gasteiger partial charge is 0.336 e. The van der Waals surface area contributed by atoms with Crippen LogP contribution in [0.5, 0.6) is 0 Å². The molecule has 0 radical (unpaired) electrons. The number of carbonyl (C=O) groups is 1. The fraction of sp³-hybridized carbons (Fsp3) is 0.409. The summed E-state index contributed by atoms with van der Waals surface area (Å²) in [5.74, 6) is -0.0584. The van der Waals surface area contributed by atoms with E-state index < -0.39 is 5.97 Å². The molecule has 0 aliphatic rings. The molecule has 0 atom stereocenters. The van der Waals surface area contributed by atoms with Crippen molar-refractivity contribution in [2.24, 2.45) is 0 Å². The highest BCUT2D eigenvalue weighted by atomic mass is 32.2. The molecule has 25 heavy (non-hydrogen) atoms. The molecule has 1 rings (SSSR count). The van der Waals surface area contributed by atoms with Crippen LogP contribution in [0.4, 0.5) is 0 Å². The van der Waals surface area contributed by atoms with Crippen LogP contribution in [-0.4, -0.2) is 16.8 Å². The molecule has 0 saturated carbocycles. The van der Waals surface area contributed by atoms with Gasteiger partial charge in [0.15, 0.2) is 0 Å². The predicted octanol–water partition coefficient (Wildman–Crippen LogP) is 6.90. The average Bonchev–Trinajstić information content (AvgIpc) is 2.54. The van der Waals surface area contributed by atoms with Crippen LogP contribution in [0, 0.1) is 0 Å². The zero-order valence-corrected chi connectivity index (χ0v) is 16.7. The molecule has 136 valence electrons. The van der Waals surface area contributed by atoms with Gasteiger partial charge in [0.1, 0.15) is 0 Å². The number of carboxylic acids is 1. The second-order valence-electron chi connectivity index (χ2n) is 6.57. The van der Waals surface area contributed by atoms with Gasteiger partial charge in [-0.25, -0.2) is 4.79 Å². The van der Waals surface area contributed by atoms with Crippen molar-refractivity contribution in [3.05, 3.63) is 64.8 Å². The van der Waals surface area contributed by atoms with Crippen molar-refractivity contribution in [3.63, 3.8) is 0 Å². The number of hydrogen-bond donors (Lipinski definition) is 1. The minimum atomic E-state index is -0.863. The minimum absolute atomic E-state index is 0.383. The standard InChI is InChI=1S/C22H30O2S/c1-17(2)9-7-10-18(3)11-8-12-19(4)15-16-25-21-14-6-5-13-20(21)22(23)24/h5-6,9,11,13-15H,7-8,10,12,16H2,1-4H3,(H,23,24). The number of rotatable bonds is 10. The topological polar surface area (TPSA) is 37.3 Å². The molecule has 2 nitrogen and oxygen atoms in total. The molecule has 3 heteroatoms. The lowest BCUT2D eigenvalue weighted by atomic mass is 10.1. The van der Waals surface area contributed by atoms with Gasteiger partial charge in [0.25, 0.3) is 0 Å². The Morgan fingerprint density at radius 3 is 2.20 bits per heavy atom. The second-order valence-corrected chi connectivity index (χ2v) is 7.63. The molecule has 0 spiro atoms. The lowest BCUT2D eigenvalue weighted by Gasteiger charge is -2.04. The van der Waals surface area contributed by atoms with Crippen molar-refractivity contribution in [2.45, 2.75) is 58.3 Å². The summed E-state index contributed by atoms with van der Waals surface area (Å²) in [7, 11) is 0. The van der Waals surface area contributed by atoms with Gasteiger partial charge in [-0.15, -0.1) is 11.8 Å². The molecule has 1 aromatic rings. The molecule has 0 saturated heterocycles. The first kappa shape index (κ1) is 21.3. The summed E-state index contributed by atoms with van der Waals surface area (Å²) in [6, 6.07) is 7.18. The summed E-state index contributed by atoms with van der Waals surface area (Å²) in [4.78, 5) is 12.0. The van der Waals surface area contributed by atoms with E-state index in [1.54, 1.807) is 23.9 Å². The summed E-state index contributed by atoms with van der Waals surface area (Å²) in [6.45, 7) is 8.63. The number of allylic oxidation sites excluding steroid dienone is 5. The Kier molecular flexibility index (Phi) is 10.0.